The van der Waals surface area contributed by atoms with Gasteiger partial charge in [0.25, 0.3) is 5.91 Å². The van der Waals surface area contributed by atoms with Crippen LogP contribution in [0.3, 0.4) is 0 Å². The molecule has 0 bridgehead atoms. The lowest BCUT2D eigenvalue weighted by molar-refractivity contribution is 0.0932. The molecule has 0 spiro atoms. The Bertz CT molecular complexity index is 375. The van der Waals surface area contributed by atoms with Crippen LogP contribution in [0.1, 0.15) is 23.2 Å². The molecule has 0 saturated carbocycles. The maximum Gasteiger partial charge on any atom is 0.255 e. The van der Waals surface area contributed by atoms with E-state index in [4.69, 9.17) is 0 Å². The summed E-state index contributed by atoms with van der Waals surface area (Å²) in [5.74, 6) is 2.08. The summed E-state index contributed by atoms with van der Waals surface area (Å²) in [6.45, 7) is 0. The lowest BCUT2D eigenvalue weighted by atomic mass is 10.1. The van der Waals surface area contributed by atoms with Crippen LogP contribution in [0, 0.1) is 0 Å². The molecule has 86 valence electrons. The Balaban J connectivity index is 2.00. The third-order valence-corrected chi connectivity index (χ3v) is 3.75. The molecular weight excluding hydrogens is 222 g/mol. The van der Waals surface area contributed by atoms with Gasteiger partial charge in [0.2, 0.25) is 0 Å². The van der Waals surface area contributed by atoms with E-state index in [0.29, 0.717) is 5.56 Å². The molecule has 1 amide bonds. The number of phenols is 1. The fraction of sp³-hybridized carbons (Fsp3) is 0.417. The predicted molar refractivity (Wildman–Crippen MR) is 65.9 cm³/mol. The molecule has 1 heterocycles. The van der Waals surface area contributed by atoms with Gasteiger partial charge in [-0.1, -0.05) is 12.1 Å². The zero-order chi connectivity index (χ0) is 11.4. The van der Waals surface area contributed by atoms with Crippen LogP contribution in [0.15, 0.2) is 24.3 Å². The standard InChI is InChI=1S/C12H15NO2S/c14-11-4-2-1-3-10(11)12(15)13-9-5-7-16-8-6-9/h1-4,9,14H,5-8H2,(H,13,15). The van der Waals surface area contributed by atoms with E-state index >= 15 is 0 Å². The number of benzene rings is 1. The molecule has 1 aromatic carbocycles. The van der Waals surface area contributed by atoms with Crippen molar-refractivity contribution in [1.82, 2.24) is 5.32 Å². The molecule has 4 heteroatoms. The SMILES string of the molecule is O=C(NC1CCSCC1)c1ccccc1O. The second-order valence-electron chi connectivity index (χ2n) is 3.88. The summed E-state index contributed by atoms with van der Waals surface area (Å²) in [6, 6.07) is 6.90. The third kappa shape index (κ3) is 2.70. The summed E-state index contributed by atoms with van der Waals surface area (Å²) >= 11 is 1.92. The molecule has 16 heavy (non-hydrogen) atoms. The maximum absolute atomic E-state index is 11.9. The summed E-state index contributed by atoms with van der Waals surface area (Å²) < 4.78 is 0. The molecular formula is C12H15NO2S. The third-order valence-electron chi connectivity index (χ3n) is 2.71. The van der Waals surface area contributed by atoms with Gasteiger partial charge in [0.05, 0.1) is 5.56 Å². The van der Waals surface area contributed by atoms with Gasteiger partial charge in [-0.2, -0.15) is 11.8 Å². The van der Waals surface area contributed by atoms with Crippen molar-refractivity contribution in [3.05, 3.63) is 29.8 Å². The van der Waals surface area contributed by atoms with Crippen LogP contribution < -0.4 is 5.32 Å². The van der Waals surface area contributed by atoms with E-state index in [1.54, 1.807) is 18.2 Å². The van der Waals surface area contributed by atoms with Crippen LogP contribution in [-0.4, -0.2) is 28.6 Å². The molecule has 0 radical (unpaired) electrons. The highest BCUT2D eigenvalue weighted by Gasteiger charge is 2.18. The van der Waals surface area contributed by atoms with Gasteiger partial charge in [0.1, 0.15) is 5.75 Å². The highest BCUT2D eigenvalue weighted by atomic mass is 32.2. The van der Waals surface area contributed by atoms with Gasteiger partial charge in [0, 0.05) is 6.04 Å². The summed E-state index contributed by atoms with van der Waals surface area (Å²) in [5, 5.41) is 12.5. The molecule has 0 aliphatic carbocycles. The van der Waals surface area contributed by atoms with Gasteiger partial charge >= 0.3 is 0 Å². The fourth-order valence-corrected chi connectivity index (χ4v) is 2.88. The van der Waals surface area contributed by atoms with Gasteiger partial charge in [-0.05, 0) is 36.5 Å². The minimum atomic E-state index is -0.171. The van der Waals surface area contributed by atoms with E-state index in [-0.39, 0.29) is 17.7 Å². The first-order valence-corrected chi connectivity index (χ1v) is 6.59. The first kappa shape index (κ1) is 11.3. The quantitative estimate of drug-likeness (QED) is 0.827. The monoisotopic (exact) mass is 237 g/mol. The number of aromatic hydroxyl groups is 1. The normalized spacial score (nSPS) is 17.0. The Kier molecular flexibility index (Phi) is 3.72. The van der Waals surface area contributed by atoms with Crippen LogP contribution in [0.2, 0.25) is 0 Å². The molecule has 1 fully saturated rings. The molecule has 1 saturated heterocycles. The number of para-hydroxylation sites is 1. The minimum absolute atomic E-state index is 0.0465. The Hall–Kier alpha value is -1.16. The van der Waals surface area contributed by atoms with E-state index in [0.717, 1.165) is 24.3 Å². The summed E-state index contributed by atoms with van der Waals surface area (Å²) in [5.41, 5.74) is 0.362. The van der Waals surface area contributed by atoms with Gasteiger partial charge < -0.3 is 10.4 Å². The number of amides is 1. The predicted octanol–water partition coefficient (Wildman–Crippen LogP) is 2.02. The zero-order valence-electron chi connectivity index (χ0n) is 8.98. The molecule has 2 rings (SSSR count). The lowest BCUT2D eigenvalue weighted by Gasteiger charge is -2.22. The van der Waals surface area contributed by atoms with Gasteiger partial charge in [0.15, 0.2) is 0 Å². The van der Waals surface area contributed by atoms with Crippen LogP contribution in [-0.2, 0) is 0 Å². The number of rotatable bonds is 2. The van der Waals surface area contributed by atoms with Crippen LogP contribution in [0.4, 0.5) is 0 Å². The van der Waals surface area contributed by atoms with Crippen molar-refractivity contribution in [2.75, 3.05) is 11.5 Å². The Labute approximate surface area is 99.2 Å². The van der Waals surface area contributed by atoms with Crippen LogP contribution >= 0.6 is 11.8 Å². The molecule has 1 aromatic rings. The minimum Gasteiger partial charge on any atom is -0.507 e. The van der Waals surface area contributed by atoms with Crippen molar-refractivity contribution in [2.24, 2.45) is 0 Å². The summed E-state index contributed by atoms with van der Waals surface area (Å²) in [6.07, 6.45) is 2.04. The van der Waals surface area contributed by atoms with Crippen molar-refractivity contribution in [1.29, 1.82) is 0 Å². The maximum atomic E-state index is 11.9. The first-order valence-electron chi connectivity index (χ1n) is 5.44. The average molecular weight is 237 g/mol. The van der Waals surface area contributed by atoms with Gasteiger partial charge in [-0.15, -0.1) is 0 Å². The molecule has 1 aliphatic heterocycles. The second-order valence-corrected chi connectivity index (χ2v) is 5.10. The molecule has 1 aliphatic rings. The largest absolute Gasteiger partial charge is 0.507 e. The van der Waals surface area contributed by atoms with Crippen molar-refractivity contribution in [3.8, 4) is 5.75 Å². The van der Waals surface area contributed by atoms with E-state index in [1.165, 1.54) is 6.07 Å². The van der Waals surface area contributed by atoms with Gasteiger partial charge in [-0.25, -0.2) is 0 Å². The number of nitrogens with one attached hydrogen (secondary N) is 1. The Morgan fingerprint density at radius 1 is 1.31 bits per heavy atom. The zero-order valence-corrected chi connectivity index (χ0v) is 9.80. The Morgan fingerprint density at radius 2 is 2.00 bits per heavy atom. The molecule has 2 N–H and O–H groups in total. The average Bonchev–Trinajstić information content (AvgIpc) is 2.31. The van der Waals surface area contributed by atoms with Crippen molar-refractivity contribution >= 4 is 17.7 Å². The number of carbonyl (C=O) groups excluding carboxylic acids is 1. The van der Waals surface area contributed by atoms with Gasteiger partial charge in [-0.3, -0.25) is 4.79 Å². The van der Waals surface area contributed by atoms with E-state index in [9.17, 15) is 9.90 Å². The molecule has 0 aromatic heterocycles. The van der Waals surface area contributed by atoms with E-state index < -0.39 is 0 Å². The number of thioether (sulfide) groups is 1. The molecule has 0 unspecified atom stereocenters. The smallest absolute Gasteiger partial charge is 0.255 e. The van der Waals surface area contributed by atoms with Crippen molar-refractivity contribution in [3.63, 3.8) is 0 Å². The number of carbonyl (C=O) groups is 1. The van der Waals surface area contributed by atoms with E-state index in [2.05, 4.69) is 5.32 Å². The second kappa shape index (κ2) is 5.25. The fourth-order valence-electron chi connectivity index (χ4n) is 1.77. The highest BCUT2D eigenvalue weighted by molar-refractivity contribution is 7.99. The summed E-state index contributed by atoms with van der Waals surface area (Å²) in [7, 11) is 0. The van der Waals surface area contributed by atoms with Crippen molar-refractivity contribution < 1.29 is 9.90 Å². The van der Waals surface area contributed by atoms with E-state index in [1.807, 2.05) is 11.8 Å². The number of hydrogen-bond acceptors (Lipinski definition) is 3. The lowest BCUT2D eigenvalue weighted by Crippen LogP contribution is -2.37. The molecule has 0 atom stereocenters. The van der Waals surface area contributed by atoms with Crippen molar-refractivity contribution in [2.45, 2.75) is 18.9 Å². The number of phenolic OH excluding ortho intramolecular Hbond substituents is 1. The van der Waals surface area contributed by atoms with Crippen LogP contribution in [0.25, 0.3) is 0 Å². The van der Waals surface area contributed by atoms with Crippen LogP contribution in [0.5, 0.6) is 5.75 Å². The highest BCUT2D eigenvalue weighted by Crippen LogP contribution is 2.19. The molecule has 3 nitrogen and oxygen atoms in total. The summed E-state index contributed by atoms with van der Waals surface area (Å²) in [4.78, 5) is 11.9. The number of hydrogen-bond donors (Lipinski definition) is 2. The Morgan fingerprint density at radius 3 is 2.69 bits per heavy atom. The topological polar surface area (TPSA) is 49.3 Å². The first-order chi connectivity index (χ1) is 7.77.